The molecule has 0 radical (unpaired) electrons. The number of phenolic OH excluding ortho intramolecular Hbond substituents is 1. The Balaban J connectivity index is 2.02. The molecule has 1 aromatic rings. The summed E-state index contributed by atoms with van der Waals surface area (Å²) in [5.41, 5.74) is 0.513. The molecule has 0 amide bonds. The van der Waals surface area contributed by atoms with Gasteiger partial charge in [0.2, 0.25) is 0 Å². The van der Waals surface area contributed by atoms with Crippen molar-refractivity contribution in [1.82, 2.24) is 4.90 Å². The molecule has 1 aliphatic heterocycles. The summed E-state index contributed by atoms with van der Waals surface area (Å²) >= 11 is 5.29. The van der Waals surface area contributed by atoms with E-state index >= 15 is 0 Å². The lowest BCUT2D eigenvalue weighted by Crippen LogP contribution is -2.40. The van der Waals surface area contributed by atoms with E-state index in [0.29, 0.717) is 25.2 Å². The molecule has 1 fully saturated rings. The number of aromatic hydroxyl groups is 1. The molecule has 17 heavy (non-hydrogen) atoms. The number of rotatable bonds is 2. The monoisotopic (exact) mass is 255 g/mol. The van der Waals surface area contributed by atoms with E-state index in [9.17, 15) is 4.39 Å². The van der Waals surface area contributed by atoms with Crippen LogP contribution in [0.15, 0.2) is 18.2 Å². The molecular formula is C12H14FNO2S. The molecule has 5 heteroatoms. The molecule has 1 aliphatic rings. The Labute approximate surface area is 105 Å². The summed E-state index contributed by atoms with van der Waals surface area (Å²) < 4.78 is 18.7. The quantitative estimate of drug-likeness (QED) is 0.816. The van der Waals surface area contributed by atoms with Crippen LogP contribution in [0.25, 0.3) is 0 Å². The molecule has 0 unspecified atom stereocenters. The molecule has 0 aromatic heterocycles. The molecule has 3 nitrogen and oxygen atoms in total. The van der Waals surface area contributed by atoms with Crippen molar-refractivity contribution in [1.29, 1.82) is 0 Å². The number of hydrogen-bond donors (Lipinski definition) is 1. The maximum absolute atomic E-state index is 13.5. The van der Waals surface area contributed by atoms with Crippen LogP contribution >= 0.6 is 12.2 Å². The maximum Gasteiger partial charge on any atom is 0.130 e. The molecular weight excluding hydrogens is 241 g/mol. The van der Waals surface area contributed by atoms with Crippen LogP contribution in [0.1, 0.15) is 5.56 Å². The van der Waals surface area contributed by atoms with Crippen LogP contribution in [0.2, 0.25) is 0 Å². The third-order valence-corrected chi connectivity index (χ3v) is 3.14. The number of thiocarbonyl (C=S) groups is 1. The van der Waals surface area contributed by atoms with Gasteiger partial charge in [-0.2, -0.15) is 0 Å². The molecule has 0 saturated carbocycles. The van der Waals surface area contributed by atoms with E-state index in [1.807, 2.05) is 4.90 Å². The summed E-state index contributed by atoms with van der Waals surface area (Å²) in [6, 6.07) is 4.15. The number of ether oxygens (including phenoxy) is 1. The summed E-state index contributed by atoms with van der Waals surface area (Å²) in [7, 11) is 0. The number of halogens is 1. The van der Waals surface area contributed by atoms with Crippen LogP contribution in [0.5, 0.6) is 5.75 Å². The highest BCUT2D eigenvalue weighted by Crippen LogP contribution is 2.16. The average Bonchev–Trinajstić information content (AvgIpc) is 2.34. The number of morpholine rings is 1. The molecule has 0 atom stereocenters. The molecule has 1 heterocycles. The molecule has 0 spiro atoms. The summed E-state index contributed by atoms with van der Waals surface area (Å²) in [5, 5.41) is 9.12. The van der Waals surface area contributed by atoms with Crippen molar-refractivity contribution < 1.29 is 14.2 Å². The summed E-state index contributed by atoms with van der Waals surface area (Å²) in [4.78, 5) is 2.75. The third-order valence-electron chi connectivity index (χ3n) is 2.74. The molecule has 1 N–H and O–H groups in total. The highest BCUT2D eigenvalue weighted by Gasteiger charge is 2.15. The predicted octanol–water partition coefficient (Wildman–Crippen LogP) is 1.73. The third kappa shape index (κ3) is 3.14. The predicted molar refractivity (Wildman–Crippen MR) is 66.8 cm³/mol. The van der Waals surface area contributed by atoms with Crippen LogP contribution in [0.4, 0.5) is 4.39 Å². The van der Waals surface area contributed by atoms with Gasteiger partial charge in [-0.05, 0) is 11.6 Å². The minimum Gasteiger partial charge on any atom is -0.508 e. The second-order valence-corrected chi connectivity index (χ2v) is 4.42. The van der Waals surface area contributed by atoms with E-state index in [1.54, 1.807) is 6.07 Å². The fourth-order valence-corrected chi connectivity index (χ4v) is 2.11. The van der Waals surface area contributed by atoms with Crippen LogP contribution in [-0.2, 0) is 11.2 Å². The van der Waals surface area contributed by atoms with Crippen molar-refractivity contribution in [2.75, 3.05) is 26.3 Å². The van der Waals surface area contributed by atoms with Crippen molar-refractivity contribution >= 4 is 17.2 Å². The van der Waals surface area contributed by atoms with E-state index in [4.69, 9.17) is 22.1 Å². The van der Waals surface area contributed by atoms with Crippen LogP contribution < -0.4 is 0 Å². The smallest absolute Gasteiger partial charge is 0.130 e. The second kappa shape index (κ2) is 5.42. The number of hydrogen-bond acceptors (Lipinski definition) is 3. The van der Waals surface area contributed by atoms with Crippen molar-refractivity contribution in [3.63, 3.8) is 0 Å². The fourth-order valence-electron chi connectivity index (χ4n) is 1.77. The van der Waals surface area contributed by atoms with E-state index in [1.165, 1.54) is 6.07 Å². The van der Waals surface area contributed by atoms with Crippen LogP contribution in [0, 0.1) is 5.82 Å². The minimum absolute atomic E-state index is 0.0662. The lowest BCUT2D eigenvalue weighted by atomic mass is 10.1. The first-order valence-electron chi connectivity index (χ1n) is 5.50. The average molecular weight is 255 g/mol. The SMILES string of the molecule is Oc1ccc(CC(=S)N2CCOCC2)c(F)c1. The van der Waals surface area contributed by atoms with Gasteiger partial charge in [0.15, 0.2) is 0 Å². The lowest BCUT2D eigenvalue weighted by molar-refractivity contribution is 0.0684. The van der Waals surface area contributed by atoms with Crippen molar-refractivity contribution in [3.05, 3.63) is 29.6 Å². The van der Waals surface area contributed by atoms with Crippen LogP contribution in [-0.4, -0.2) is 41.3 Å². The Hall–Kier alpha value is -1.20. The molecule has 1 aromatic carbocycles. The van der Waals surface area contributed by atoms with Crippen molar-refractivity contribution in [2.24, 2.45) is 0 Å². The van der Waals surface area contributed by atoms with E-state index in [0.717, 1.165) is 24.1 Å². The largest absolute Gasteiger partial charge is 0.508 e. The Morgan fingerprint density at radius 2 is 2.12 bits per heavy atom. The zero-order valence-electron chi connectivity index (χ0n) is 9.36. The Morgan fingerprint density at radius 3 is 2.76 bits per heavy atom. The molecule has 2 rings (SSSR count). The first-order chi connectivity index (χ1) is 8.16. The summed E-state index contributed by atoms with van der Waals surface area (Å²) in [5.74, 6) is -0.482. The van der Waals surface area contributed by atoms with Crippen LogP contribution in [0.3, 0.4) is 0 Å². The molecule has 0 aliphatic carbocycles. The lowest BCUT2D eigenvalue weighted by Gasteiger charge is -2.29. The Morgan fingerprint density at radius 1 is 1.41 bits per heavy atom. The van der Waals surface area contributed by atoms with E-state index in [-0.39, 0.29) is 5.75 Å². The summed E-state index contributed by atoms with van der Waals surface area (Å²) in [6.45, 7) is 2.85. The normalized spacial score (nSPS) is 15.9. The zero-order valence-corrected chi connectivity index (χ0v) is 10.2. The first-order valence-corrected chi connectivity index (χ1v) is 5.90. The molecule has 1 saturated heterocycles. The second-order valence-electron chi connectivity index (χ2n) is 3.95. The minimum atomic E-state index is -0.416. The highest BCUT2D eigenvalue weighted by atomic mass is 32.1. The summed E-state index contributed by atoms with van der Waals surface area (Å²) in [6.07, 6.45) is 0.390. The zero-order chi connectivity index (χ0) is 12.3. The van der Waals surface area contributed by atoms with E-state index < -0.39 is 5.82 Å². The van der Waals surface area contributed by atoms with Gasteiger partial charge in [-0.3, -0.25) is 0 Å². The van der Waals surface area contributed by atoms with Gasteiger partial charge < -0.3 is 14.7 Å². The standard InChI is InChI=1S/C12H14FNO2S/c13-11-8-10(15)2-1-9(11)7-12(17)14-3-5-16-6-4-14/h1-2,8,15H,3-7H2. The van der Waals surface area contributed by atoms with Gasteiger partial charge in [0.25, 0.3) is 0 Å². The number of phenols is 1. The van der Waals surface area contributed by atoms with E-state index in [2.05, 4.69) is 0 Å². The van der Waals surface area contributed by atoms with Gasteiger partial charge in [0, 0.05) is 25.6 Å². The fraction of sp³-hybridized carbons (Fsp3) is 0.417. The Bertz CT molecular complexity index is 419. The topological polar surface area (TPSA) is 32.7 Å². The van der Waals surface area contributed by atoms with Crippen molar-refractivity contribution in [2.45, 2.75) is 6.42 Å². The van der Waals surface area contributed by atoms with Crippen molar-refractivity contribution in [3.8, 4) is 5.75 Å². The van der Waals surface area contributed by atoms with Gasteiger partial charge in [-0.1, -0.05) is 18.3 Å². The number of benzene rings is 1. The van der Waals surface area contributed by atoms with Gasteiger partial charge >= 0.3 is 0 Å². The highest BCUT2D eigenvalue weighted by molar-refractivity contribution is 7.80. The van der Waals surface area contributed by atoms with Gasteiger partial charge in [-0.15, -0.1) is 0 Å². The first kappa shape index (κ1) is 12.3. The molecule has 92 valence electrons. The van der Waals surface area contributed by atoms with Gasteiger partial charge in [-0.25, -0.2) is 4.39 Å². The Kier molecular flexibility index (Phi) is 3.91. The van der Waals surface area contributed by atoms with Gasteiger partial charge in [0.05, 0.1) is 18.2 Å². The maximum atomic E-state index is 13.5. The number of nitrogens with zero attached hydrogens (tertiary/aromatic N) is 1. The van der Waals surface area contributed by atoms with Gasteiger partial charge in [0.1, 0.15) is 11.6 Å². The molecule has 0 bridgehead atoms.